The van der Waals surface area contributed by atoms with Gasteiger partial charge in [0.25, 0.3) is 5.91 Å². The molecule has 1 aromatic carbocycles. The zero-order chi connectivity index (χ0) is 13.8. The molecule has 0 spiro atoms. The summed E-state index contributed by atoms with van der Waals surface area (Å²) in [4.78, 5) is 12.2. The predicted molar refractivity (Wildman–Crippen MR) is 79.6 cm³/mol. The van der Waals surface area contributed by atoms with E-state index < -0.39 is 0 Å². The number of hydrogen-bond acceptors (Lipinski definition) is 2. The van der Waals surface area contributed by atoms with Crippen molar-refractivity contribution < 1.29 is 4.79 Å². The van der Waals surface area contributed by atoms with Crippen LogP contribution in [-0.4, -0.2) is 18.5 Å². The number of carbonyl (C=O) groups is 1. The first kappa shape index (κ1) is 13.9. The van der Waals surface area contributed by atoms with Crippen molar-refractivity contribution in [3.63, 3.8) is 0 Å². The van der Waals surface area contributed by atoms with Crippen molar-refractivity contribution in [2.75, 3.05) is 11.9 Å². The Morgan fingerprint density at radius 1 is 1.37 bits per heavy atom. The quantitative estimate of drug-likeness (QED) is 0.871. The largest absolute Gasteiger partial charge is 0.385 e. The topological polar surface area (TPSA) is 41.1 Å². The lowest BCUT2D eigenvalue weighted by Crippen LogP contribution is -2.36. The SMILES string of the molecule is CCNc1ccc(C(=O)NC2CCCC2C)cc1C. The molecule has 1 aliphatic carbocycles. The Labute approximate surface area is 115 Å². The Bertz CT molecular complexity index is 456. The molecule has 0 heterocycles. The number of hydrogen-bond donors (Lipinski definition) is 2. The van der Waals surface area contributed by atoms with Gasteiger partial charge in [0, 0.05) is 23.8 Å². The molecule has 1 aromatic rings. The summed E-state index contributed by atoms with van der Waals surface area (Å²) in [5.74, 6) is 0.663. The first-order chi connectivity index (χ1) is 9.11. The van der Waals surface area contributed by atoms with Gasteiger partial charge in [-0.1, -0.05) is 13.3 Å². The molecule has 3 nitrogen and oxygen atoms in total. The van der Waals surface area contributed by atoms with Gasteiger partial charge in [-0.25, -0.2) is 0 Å². The van der Waals surface area contributed by atoms with Gasteiger partial charge in [-0.15, -0.1) is 0 Å². The van der Waals surface area contributed by atoms with Gasteiger partial charge in [0.15, 0.2) is 0 Å². The Morgan fingerprint density at radius 3 is 2.74 bits per heavy atom. The van der Waals surface area contributed by atoms with Gasteiger partial charge in [-0.05, 0) is 56.4 Å². The standard InChI is InChI=1S/C16H24N2O/c1-4-17-14-9-8-13(10-12(14)3)16(19)18-15-7-5-6-11(15)2/h8-11,15,17H,4-7H2,1-3H3,(H,18,19). The van der Waals surface area contributed by atoms with E-state index in [9.17, 15) is 4.79 Å². The second-order valence-electron chi connectivity index (χ2n) is 5.55. The molecular formula is C16H24N2O. The van der Waals surface area contributed by atoms with Crippen molar-refractivity contribution in [2.24, 2.45) is 5.92 Å². The van der Waals surface area contributed by atoms with Crippen LogP contribution in [0.15, 0.2) is 18.2 Å². The molecule has 2 rings (SSSR count). The van der Waals surface area contributed by atoms with Crippen molar-refractivity contribution >= 4 is 11.6 Å². The highest BCUT2D eigenvalue weighted by molar-refractivity contribution is 5.95. The third-order valence-electron chi connectivity index (χ3n) is 4.03. The lowest BCUT2D eigenvalue weighted by molar-refractivity contribution is 0.0929. The lowest BCUT2D eigenvalue weighted by atomic mass is 10.0. The molecule has 19 heavy (non-hydrogen) atoms. The number of rotatable bonds is 4. The minimum atomic E-state index is 0.0601. The van der Waals surface area contributed by atoms with Gasteiger partial charge in [0.05, 0.1) is 0 Å². The molecule has 2 unspecified atom stereocenters. The van der Waals surface area contributed by atoms with Crippen molar-refractivity contribution in [3.8, 4) is 0 Å². The fraction of sp³-hybridized carbons (Fsp3) is 0.562. The van der Waals surface area contributed by atoms with Crippen LogP contribution in [0.2, 0.25) is 0 Å². The second-order valence-corrected chi connectivity index (χ2v) is 5.55. The van der Waals surface area contributed by atoms with E-state index in [1.54, 1.807) is 0 Å². The number of anilines is 1. The van der Waals surface area contributed by atoms with Gasteiger partial charge < -0.3 is 10.6 Å². The summed E-state index contributed by atoms with van der Waals surface area (Å²) in [5, 5.41) is 6.45. The second kappa shape index (κ2) is 6.09. The highest BCUT2D eigenvalue weighted by Crippen LogP contribution is 2.25. The Hall–Kier alpha value is -1.51. The van der Waals surface area contributed by atoms with Crippen LogP contribution in [0.5, 0.6) is 0 Å². The van der Waals surface area contributed by atoms with E-state index in [1.165, 1.54) is 12.8 Å². The molecule has 0 radical (unpaired) electrons. The van der Waals surface area contributed by atoms with Crippen LogP contribution in [0.1, 0.15) is 49.0 Å². The maximum atomic E-state index is 12.2. The number of aryl methyl sites for hydroxylation is 1. The summed E-state index contributed by atoms with van der Waals surface area (Å²) in [6.07, 6.45) is 3.56. The highest BCUT2D eigenvalue weighted by Gasteiger charge is 2.25. The van der Waals surface area contributed by atoms with Crippen LogP contribution >= 0.6 is 0 Å². The smallest absolute Gasteiger partial charge is 0.251 e. The van der Waals surface area contributed by atoms with Gasteiger partial charge >= 0.3 is 0 Å². The maximum Gasteiger partial charge on any atom is 0.251 e. The first-order valence-electron chi connectivity index (χ1n) is 7.27. The maximum absolute atomic E-state index is 12.2. The number of nitrogens with one attached hydrogen (secondary N) is 2. The average Bonchev–Trinajstić information content (AvgIpc) is 2.78. The van der Waals surface area contributed by atoms with E-state index >= 15 is 0 Å². The van der Waals surface area contributed by atoms with Gasteiger partial charge in [0.1, 0.15) is 0 Å². The van der Waals surface area contributed by atoms with Crippen molar-refractivity contribution in [1.82, 2.24) is 5.32 Å². The summed E-state index contributed by atoms with van der Waals surface area (Å²) in [6, 6.07) is 6.21. The molecule has 3 heteroatoms. The van der Waals surface area contributed by atoms with Crippen LogP contribution in [0.4, 0.5) is 5.69 Å². The number of benzene rings is 1. The molecule has 2 atom stereocenters. The minimum absolute atomic E-state index is 0.0601. The Morgan fingerprint density at radius 2 is 2.16 bits per heavy atom. The molecule has 1 fully saturated rings. The molecule has 1 aliphatic rings. The number of amides is 1. The summed E-state index contributed by atoms with van der Waals surface area (Å²) in [6.45, 7) is 7.22. The lowest BCUT2D eigenvalue weighted by Gasteiger charge is -2.18. The van der Waals surface area contributed by atoms with Crippen molar-refractivity contribution in [2.45, 2.75) is 46.1 Å². The molecule has 1 saturated carbocycles. The molecule has 104 valence electrons. The third kappa shape index (κ3) is 3.28. The average molecular weight is 260 g/mol. The van der Waals surface area contributed by atoms with Crippen molar-refractivity contribution in [3.05, 3.63) is 29.3 Å². The van der Waals surface area contributed by atoms with Crippen LogP contribution < -0.4 is 10.6 Å². The Kier molecular flexibility index (Phi) is 4.46. The number of carbonyl (C=O) groups excluding carboxylic acids is 1. The molecular weight excluding hydrogens is 236 g/mol. The molecule has 2 N–H and O–H groups in total. The molecule has 0 aliphatic heterocycles. The summed E-state index contributed by atoms with van der Waals surface area (Å²) < 4.78 is 0. The first-order valence-corrected chi connectivity index (χ1v) is 7.27. The predicted octanol–water partition coefficient (Wildman–Crippen LogP) is 3.35. The monoisotopic (exact) mass is 260 g/mol. The van der Waals surface area contributed by atoms with Gasteiger partial charge in [-0.3, -0.25) is 4.79 Å². The van der Waals surface area contributed by atoms with Crippen molar-refractivity contribution in [1.29, 1.82) is 0 Å². The van der Waals surface area contributed by atoms with Crippen LogP contribution in [0.25, 0.3) is 0 Å². The normalized spacial score (nSPS) is 22.3. The molecule has 1 amide bonds. The van der Waals surface area contributed by atoms with Crippen LogP contribution in [0.3, 0.4) is 0 Å². The third-order valence-corrected chi connectivity index (χ3v) is 4.03. The van der Waals surface area contributed by atoms with E-state index in [4.69, 9.17) is 0 Å². The molecule has 0 bridgehead atoms. The van der Waals surface area contributed by atoms with E-state index in [0.29, 0.717) is 12.0 Å². The Balaban J connectivity index is 2.04. The highest BCUT2D eigenvalue weighted by atomic mass is 16.1. The fourth-order valence-corrected chi connectivity index (χ4v) is 2.81. The van der Waals surface area contributed by atoms with Crippen LogP contribution in [0, 0.1) is 12.8 Å². The fourth-order valence-electron chi connectivity index (χ4n) is 2.81. The molecule has 0 aromatic heterocycles. The van der Waals surface area contributed by atoms with Gasteiger partial charge in [-0.2, -0.15) is 0 Å². The molecule has 0 saturated heterocycles. The summed E-state index contributed by atoms with van der Waals surface area (Å²) >= 11 is 0. The zero-order valence-corrected chi connectivity index (χ0v) is 12.1. The summed E-state index contributed by atoms with van der Waals surface area (Å²) in [7, 11) is 0. The minimum Gasteiger partial charge on any atom is -0.385 e. The van der Waals surface area contributed by atoms with E-state index in [1.807, 2.05) is 25.1 Å². The van der Waals surface area contributed by atoms with Gasteiger partial charge in [0.2, 0.25) is 0 Å². The van der Waals surface area contributed by atoms with E-state index in [-0.39, 0.29) is 5.91 Å². The van der Waals surface area contributed by atoms with Crippen LogP contribution in [-0.2, 0) is 0 Å². The van der Waals surface area contributed by atoms with E-state index in [2.05, 4.69) is 24.5 Å². The zero-order valence-electron chi connectivity index (χ0n) is 12.1. The summed E-state index contributed by atoms with van der Waals surface area (Å²) in [5.41, 5.74) is 2.99. The van der Waals surface area contributed by atoms with E-state index in [0.717, 1.165) is 29.8 Å².